The number of ketones is 1. The van der Waals surface area contributed by atoms with Crippen molar-refractivity contribution in [3.63, 3.8) is 0 Å². The molecule has 9 heteroatoms. The average molecular weight is 749 g/mol. The van der Waals surface area contributed by atoms with Crippen molar-refractivity contribution in [1.29, 1.82) is 0 Å². The van der Waals surface area contributed by atoms with Gasteiger partial charge in [0, 0.05) is 18.8 Å². The van der Waals surface area contributed by atoms with Crippen molar-refractivity contribution < 1.29 is 28.3 Å². The number of benzene rings is 4. The number of Topliss-reactive ketones (excluding diaryl/α,β-unsaturated/α-hetero) is 1. The third kappa shape index (κ3) is 12.0. The molecule has 0 saturated carbocycles. The van der Waals surface area contributed by atoms with E-state index in [0.717, 1.165) is 22.3 Å². The minimum atomic E-state index is -2.64. The molecule has 0 aliphatic rings. The van der Waals surface area contributed by atoms with E-state index in [1.54, 1.807) is 0 Å². The molecule has 0 bridgehead atoms. The molecule has 0 saturated heterocycles. The first-order valence-electron chi connectivity index (χ1n) is 19.0. The van der Waals surface area contributed by atoms with Gasteiger partial charge in [0.2, 0.25) is 5.91 Å². The Balaban J connectivity index is 1.62. The van der Waals surface area contributed by atoms with Crippen molar-refractivity contribution in [3.8, 4) is 0 Å². The van der Waals surface area contributed by atoms with Crippen LogP contribution >= 0.6 is 0 Å². The molecule has 2 N–H and O–H groups in total. The molecule has 0 spiro atoms. The first kappa shape index (κ1) is 41.7. The fourth-order valence-corrected chi connectivity index (χ4v) is 12.7. The Morgan fingerprint density at radius 3 is 1.39 bits per heavy atom. The summed E-state index contributed by atoms with van der Waals surface area (Å²) in [6.45, 7) is 12.7. The SMILES string of the molecule is CC(C)[Si](OC(=O)[C@H](Cc1ccccc1)NC(=O)[C@@H](CC(=O)[C@H](Cc1ccccc1)NC(=O)OCc1ccccc1)Cc1ccccc1)(C(C)C)C(C)C. The van der Waals surface area contributed by atoms with E-state index in [0.29, 0.717) is 0 Å². The molecule has 0 aromatic heterocycles. The van der Waals surface area contributed by atoms with E-state index in [2.05, 4.69) is 52.2 Å². The highest BCUT2D eigenvalue weighted by molar-refractivity contribution is 6.79. The summed E-state index contributed by atoms with van der Waals surface area (Å²) in [5.41, 5.74) is 3.89. The number of alkyl carbamates (subject to hydrolysis) is 1. The van der Waals surface area contributed by atoms with Gasteiger partial charge in [0.25, 0.3) is 8.32 Å². The van der Waals surface area contributed by atoms with E-state index in [1.165, 1.54) is 0 Å². The number of carbonyl (C=O) groups is 4. The van der Waals surface area contributed by atoms with E-state index in [1.807, 2.05) is 121 Å². The van der Waals surface area contributed by atoms with Gasteiger partial charge in [-0.3, -0.25) is 14.4 Å². The second kappa shape index (κ2) is 20.4. The number of rotatable bonds is 19. The number of nitrogens with one attached hydrogen (secondary N) is 2. The summed E-state index contributed by atoms with van der Waals surface area (Å²) in [4.78, 5) is 56.0. The zero-order valence-corrected chi connectivity index (χ0v) is 33.5. The van der Waals surface area contributed by atoms with Crippen LogP contribution in [0.2, 0.25) is 16.6 Å². The van der Waals surface area contributed by atoms with Crippen molar-refractivity contribution in [2.45, 2.75) is 103 Å². The molecular weight excluding hydrogens is 693 g/mol. The lowest BCUT2D eigenvalue weighted by Gasteiger charge is -2.42. The number of hydrogen-bond donors (Lipinski definition) is 2. The summed E-state index contributed by atoms with van der Waals surface area (Å²) in [5, 5.41) is 5.82. The van der Waals surface area contributed by atoms with Crippen LogP contribution in [-0.2, 0) is 49.4 Å². The lowest BCUT2D eigenvalue weighted by Crippen LogP contribution is -2.54. The van der Waals surface area contributed by atoms with Crippen LogP contribution in [0, 0.1) is 5.92 Å². The molecule has 4 rings (SSSR count). The maximum Gasteiger partial charge on any atom is 0.408 e. The molecule has 4 aromatic rings. The van der Waals surface area contributed by atoms with Crippen LogP contribution in [0.1, 0.15) is 70.2 Å². The first-order valence-corrected chi connectivity index (χ1v) is 21.2. The monoisotopic (exact) mass is 748 g/mol. The molecule has 0 aliphatic heterocycles. The number of amides is 2. The Morgan fingerprint density at radius 2 is 0.944 bits per heavy atom. The maximum absolute atomic E-state index is 14.4. The predicted octanol–water partition coefficient (Wildman–Crippen LogP) is 8.79. The van der Waals surface area contributed by atoms with Crippen LogP contribution in [0.5, 0.6) is 0 Å². The normalized spacial score (nSPS) is 13.2. The van der Waals surface area contributed by atoms with Gasteiger partial charge in [-0.1, -0.05) is 163 Å². The topological polar surface area (TPSA) is 111 Å². The van der Waals surface area contributed by atoms with Crippen LogP contribution < -0.4 is 10.6 Å². The molecule has 286 valence electrons. The van der Waals surface area contributed by atoms with Gasteiger partial charge in [0.15, 0.2) is 5.78 Å². The summed E-state index contributed by atoms with van der Waals surface area (Å²) in [6.07, 6.45) is -0.190. The molecule has 0 radical (unpaired) electrons. The van der Waals surface area contributed by atoms with E-state index in [4.69, 9.17) is 9.16 Å². The molecule has 2 amide bonds. The van der Waals surface area contributed by atoms with E-state index in [-0.39, 0.29) is 54.7 Å². The third-order valence-electron chi connectivity index (χ3n) is 10.2. The highest BCUT2D eigenvalue weighted by atomic mass is 28.4. The lowest BCUT2D eigenvalue weighted by molar-refractivity contribution is -0.141. The zero-order valence-electron chi connectivity index (χ0n) is 32.5. The first-order chi connectivity index (χ1) is 25.9. The van der Waals surface area contributed by atoms with Crippen LogP contribution in [-0.4, -0.2) is 44.2 Å². The van der Waals surface area contributed by atoms with Crippen molar-refractivity contribution in [2.75, 3.05) is 0 Å². The second-order valence-electron chi connectivity index (χ2n) is 15.0. The van der Waals surface area contributed by atoms with Crippen molar-refractivity contribution in [1.82, 2.24) is 10.6 Å². The minimum absolute atomic E-state index is 0.0471. The average Bonchev–Trinajstić information content (AvgIpc) is 3.16. The Kier molecular flexibility index (Phi) is 15.8. The zero-order chi connectivity index (χ0) is 39.1. The quantitative estimate of drug-likeness (QED) is 0.0928. The second-order valence-corrected chi connectivity index (χ2v) is 20.4. The van der Waals surface area contributed by atoms with Gasteiger partial charge in [-0.15, -0.1) is 0 Å². The summed E-state index contributed by atoms with van der Waals surface area (Å²) >= 11 is 0. The molecule has 4 aromatic carbocycles. The van der Waals surface area contributed by atoms with Crippen molar-refractivity contribution in [2.24, 2.45) is 5.92 Å². The number of carbonyl (C=O) groups excluding carboxylic acids is 4. The summed E-state index contributed by atoms with van der Waals surface area (Å²) in [7, 11) is -2.64. The van der Waals surface area contributed by atoms with Crippen LogP contribution in [0.25, 0.3) is 0 Å². The lowest BCUT2D eigenvalue weighted by atomic mass is 9.89. The van der Waals surface area contributed by atoms with Crippen LogP contribution in [0.4, 0.5) is 4.79 Å². The Bertz CT molecular complexity index is 1750. The van der Waals surface area contributed by atoms with Gasteiger partial charge >= 0.3 is 12.1 Å². The van der Waals surface area contributed by atoms with Crippen LogP contribution in [0.3, 0.4) is 0 Å². The minimum Gasteiger partial charge on any atom is -0.517 e. The Hall–Kier alpha value is -5.02. The summed E-state index contributed by atoms with van der Waals surface area (Å²) < 4.78 is 12.1. The van der Waals surface area contributed by atoms with Gasteiger partial charge < -0.3 is 19.8 Å². The van der Waals surface area contributed by atoms with Gasteiger partial charge in [-0.05, 0) is 51.7 Å². The van der Waals surface area contributed by atoms with Crippen molar-refractivity contribution >= 4 is 32.1 Å². The van der Waals surface area contributed by atoms with Crippen molar-refractivity contribution in [3.05, 3.63) is 144 Å². The largest absolute Gasteiger partial charge is 0.517 e. The Labute approximate surface area is 322 Å². The molecule has 0 heterocycles. The number of hydrogen-bond acceptors (Lipinski definition) is 6. The van der Waals surface area contributed by atoms with E-state index in [9.17, 15) is 19.2 Å². The molecule has 3 atom stereocenters. The molecule has 8 nitrogen and oxygen atoms in total. The van der Waals surface area contributed by atoms with E-state index < -0.39 is 44.3 Å². The smallest absolute Gasteiger partial charge is 0.408 e. The fourth-order valence-electron chi connectivity index (χ4n) is 7.48. The maximum atomic E-state index is 14.4. The van der Waals surface area contributed by atoms with Crippen LogP contribution in [0.15, 0.2) is 121 Å². The predicted molar refractivity (Wildman–Crippen MR) is 216 cm³/mol. The number of ether oxygens (including phenoxy) is 1. The van der Waals surface area contributed by atoms with E-state index >= 15 is 0 Å². The standard InChI is InChI=1S/C45H56N2O6Si/c1-32(2)54(33(3)4,34(5)6)53-44(50)41(29-37-23-15-9-16-24-37)46-43(49)39(27-35-19-11-7-12-20-35)30-42(48)40(28-36-21-13-8-14-22-36)47-45(51)52-31-38-25-17-10-18-26-38/h7-26,32-34,39-41H,27-31H2,1-6H3,(H,46,49)(H,47,51)/t39-,40+,41+/m1/s1. The molecule has 0 aliphatic carbocycles. The Morgan fingerprint density at radius 1 is 0.537 bits per heavy atom. The summed E-state index contributed by atoms with van der Waals surface area (Å²) in [5.74, 6) is -2.04. The van der Waals surface area contributed by atoms with Gasteiger partial charge in [-0.25, -0.2) is 4.79 Å². The summed E-state index contributed by atoms with van der Waals surface area (Å²) in [6, 6.07) is 35.8. The molecule has 0 unspecified atom stereocenters. The molecule has 54 heavy (non-hydrogen) atoms. The third-order valence-corrected chi connectivity index (χ3v) is 16.2. The highest BCUT2D eigenvalue weighted by Crippen LogP contribution is 2.42. The highest BCUT2D eigenvalue weighted by Gasteiger charge is 2.49. The molecule has 0 fully saturated rings. The molecular formula is C45H56N2O6Si. The fraction of sp³-hybridized carbons (Fsp3) is 0.378. The van der Waals surface area contributed by atoms with Gasteiger partial charge in [-0.2, -0.15) is 0 Å². The van der Waals surface area contributed by atoms with Gasteiger partial charge in [0.1, 0.15) is 12.6 Å². The van der Waals surface area contributed by atoms with Gasteiger partial charge in [0.05, 0.1) is 6.04 Å².